The molecule has 0 fully saturated rings. The minimum Gasteiger partial charge on any atom is -0.339 e. The standard InChI is InChI=1S/C14H18N2/c1-9-4-5-10(2)14-13(9)6-12-8-15-7-11(3)16(12)14/h4-6,11,15H,7-8H2,1-3H3. The van der Waals surface area contributed by atoms with E-state index >= 15 is 0 Å². The minimum atomic E-state index is 0.557. The quantitative estimate of drug-likeness (QED) is 0.713. The van der Waals surface area contributed by atoms with Gasteiger partial charge in [0.05, 0.1) is 5.52 Å². The maximum Gasteiger partial charge on any atom is 0.0518 e. The Morgan fingerprint density at radius 2 is 2.00 bits per heavy atom. The first kappa shape index (κ1) is 9.91. The molecule has 0 radical (unpaired) electrons. The Kier molecular flexibility index (Phi) is 2.08. The van der Waals surface area contributed by atoms with E-state index < -0.39 is 0 Å². The molecule has 2 aromatic rings. The summed E-state index contributed by atoms with van der Waals surface area (Å²) in [6, 6.07) is 7.36. The molecule has 2 heteroatoms. The van der Waals surface area contributed by atoms with Crippen molar-refractivity contribution in [3.8, 4) is 0 Å². The number of nitrogens with one attached hydrogen (secondary N) is 1. The van der Waals surface area contributed by atoms with E-state index in [0.29, 0.717) is 6.04 Å². The van der Waals surface area contributed by atoms with Gasteiger partial charge in [-0.25, -0.2) is 0 Å². The van der Waals surface area contributed by atoms with Gasteiger partial charge in [-0.3, -0.25) is 0 Å². The molecule has 0 saturated heterocycles. The van der Waals surface area contributed by atoms with Gasteiger partial charge in [-0.05, 0) is 38.0 Å². The van der Waals surface area contributed by atoms with Crippen LogP contribution >= 0.6 is 0 Å². The van der Waals surface area contributed by atoms with Crippen LogP contribution in [0, 0.1) is 13.8 Å². The molecule has 2 heterocycles. The van der Waals surface area contributed by atoms with Crippen LogP contribution in [0.1, 0.15) is 29.8 Å². The second-order valence-electron chi connectivity index (χ2n) is 4.95. The maximum absolute atomic E-state index is 3.47. The summed E-state index contributed by atoms with van der Waals surface area (Å²) in [4.78, 5) is 0. The largest absolute Gasteiger partial charge is 0.339 e. The summed E-state index contributed by atoms with van der Waals surface area (Å²) in [6.45, 7) is 8.77. The first-order valence-corrected chi connectivity index (χ1v) is 5.99. The van der Waals surface area contributed by atoms with Crippen LogP contribution in [-0.4, -0.2) is 11.1 Å². The minimum absolute atomic E-state index is 0.557. The lowest BCUT2D eigenvalue weighted by atomic mass is 10.1. The van der Waals surface area contributed by atoms with Crippen LogP contribution in [0.5, 0.6) is 0 Å². The lowest BCUT2D eigenvalue weighted by Crippen LogP contribution is -2.31. The van der Waals surface area contributed by atoms with Crippen molar-refractivity contribution in [2.24, 2.45) is 0 Å². The normalized spacial score (nSPS) is 20.1. The van der Waals surface area contributed by atoms with Crippen molar-refractivity contribution in [3.05, 3.63) is 35.0 Å². The van der Waals surface area contributed by atoms with Crippen molar-refractivity contribution in [2.45, 2.75) is 33.4 Å². The first-order chi connectivity index (χ1) is 7.68. The molecule has 0 bridgehead atoms. The van der Waals surface area contributed by atoms with Crippen LogP contribution in [0.25, 0.3) is 10.9 Å². The second-order valence-corrected chi connectivity index (χ2v) is 4.95. The molecular formula is C14H18N2. The zero-order chi connectivity index (χ0) is 11.3. The average molecular weight is 214 g/mol. The zero-order valence-corrected chi connectivity index (χ0v) is 10.2. The zero-order valence-electron chi connectivity index (χ0n) is 10.2. The lowest BCUT2D eigenvalue weighted by molar-refractivity contribution is 0.439. The molecule has 1 aromatic carbocycles. The van der Waals surface area contributed by atoms with Gasteiger partial charge >= 0.3 is 0 Å². The predicted molar refractivity (Wildman–Crippen MR) is 67.8 cm³/mol. The molecule has 0 saturated carbocycles. The third kappa shape index (κ3) is 1.23. The molecule has 1 unspecified atom stereocenters. The van der Waals surface area contributed by atoms with Gasteiger partial charge in [0.1, 0.15) is 0 Å². The molecule has 1 aliphatic rings. The Labute approximate surface area is 96.3 Å². The molecule has 84 valence electrons. The molecular weight excluding hydrogens is 196 g/mol. The van der Waals surface area contributed by atoms with E-state index in [1.807, 2.05) is 0 Å². The Morgan fingerprint density at radius 3 is 2.81 bits per heavy atom. The van der Waals surface area contributed by atoms with Gasteiger partial charge in [-0.2, -0.15) is 0 Å². The Bertz CT molecular complexity index is 551. The molecule has 1 aromatic heterocycles. The fourth-order valence-electron chi connectivity index (χ4n) is 2.84. The topological polar surface area (TPSA) is 17.0 Å². The van der Waals surface area contributed by atoms with Crippen molar-refractivity contribution in [2.75, 3.05) is 6.54 Å². The van der Waals surface area contributed by atoms with Gasteiger partial charge in [0.25, 0.3) is 0 Å². The number of hydrogen-bond acceptors (Lipinski definition) is 1. The Morgan fingerprint density at radius 1 is 1.25 bits per heavy atom. The summed E-state index contributed by atoms with van der Waals surface area (Å²) < 4.78 is 2.51. The van der Waals surface area contributed by atoms with Gasteiger partial charge in [-0.15, -0.1) is 0 Å². The van der Waals surface area contributed by atoms with Crippen LogP contribution in [0.2, 0.25) is 0 Å². The number of hydrogen-bond donors (Lipinski definition) is 1. The van der Waals surface area contributed by atoms with Crippen LogP contribution in [0.4, 0.5) is 0 Å². The second kappa shape index (κ2) is 3.36. The number of fused-ring (bicyclic) bond motifs is 3. The lowest BCUT2D eigenvalue weighted by Gasteiger charge is -2.25. The highest BCUT2D eigenvalue weighted by Crippen LogP contribution is 2.30. The Hall–Kier alpha value is -1.28. The van der Waals surface area contributed by atoms with Crippen molar-refractivity contribution in [1.29, 1.82) is 0 Å². The van der Waals surface area contributed by atoms with Gasteiger partial charge in [0.2, 0.25) is 0 Å². The van der Waals surface area contributed by atoms with Gasteiger partial charge in [-0.1, -0.05) is 12.1 Å². The monoisotopic (exact) mass is 214 g/mol. The van der Waals surface area contributed by atoms with E-state index in [1.54, 1.807) is 0 Å². The van der Waals surface area contributed by atoms with E-state index in [9.17, 15) is 0 Å². The number of benzene rings is 1. The van der Waals surface area contributed by atoms with E-state index in [0.717, 1.165) is 13.1 Å². The van der Waals surface area contributed by atoms with Crippen molar-refractivity contribution < 1.29 is 0 Å². The molecule has 1 aliphatic heterocycles. The van der Waals surface area contributed by atoms with Crippen LogP contribution in [0.3, 0.4) is 0 Å². The first-order valence-electron chi connectivity index (χ1n) is 5.99. The van der Waals surface area contributed by atoms with E-state index in [2.05, 4.69) is 48.9 Å². The number of rotatable bonds is 0. The van der Waals surface area contributed by atoms with Gasteiger partial charge < -0.3 is 9.88 Å². The fourth-order valence-corrected chi connectivity index (χ4v) is 2.84. The van der Waals surface area contributed by atoms with E-state index in [4.69, 9.17) is 0 Å². The van der Waals surface area contributed by atoms with Crippen LogP contribution in [-0.2, 0) is 6.54 Å². The summed E-state index contributed by atoms with van der Waals surface area (Å²) in [6.07, 6.45) is 0. The Balaban J connectivity index is 2.42. The van der Waals surface area contributed by atoms with Gasteiger partial charge in [0.15, 0.2) is 0 Å². The SMILES string of the molecule is Cc1ccc(C)c2c1cc1n2C(C)CNC1. The van der Waals surface area contributed by atoms with Crippen molar-refractivity contribution in [3.63, 3.8) is 0 Å². The molecule has 1 atom stereocenters. The summed E-state index contributed by atoms with van der Waals surface area (Å²) in [5.74, 6) is 0. The molecule has 2 nitrogen and oxygen atoms in total. The highest BCUT2D eigenvalue weighted by Gasteiger charge is 2.19. The van der Waals surface area contributed by atoms with E-state index in [1.165, 1.54) is 27.7 Å². The summed E-state index contributed by atoms with van der Waals surface area (Å²) in [5.41, 5.74) is 5.63. The molecule has 3 rings (SSSR count). The molecule has 1 N–H and O–H groups in total. The van der Waals surface area contributed by atoms with E-state index in [-0.39, 0.29) is 0 Å². The van der Waals surface area contributed by atoms with Crippen LogP contribution in [0.15, 0.2) is 18.2 Å². The average Bonchev–Trinajstić information content (AvgIpc) is 2.65. The molecule has 16 heavy (non-hydrogen) atoms. The smallest absolute Gasteiger partial charge is 0.0518 e. The fraction of sp³-hybridized carbons (Fsp3) is 0.429. The number of aromatic nitrogens is 1. The maximum atomic E-state index is 3.47. The van der Waals surface area contributed by atoms with Crippen molar-refractivity contribution >= 4 is 10.9 Å². The molecule has 0 amide bonds. The predicted octanol–water partition coefficient (Wildman–Crippen LogP) is 2.92. The van der Waals surface area contributed by atoms with Crippen LogP contribution < -0.4 is 5.32 Å². The summed E-state index contributed by atoms with van der Waals surface area (Å²) in [7, 11) is 0. The highest BCUT2D eigenvalue weighted by atomic mass is 15.1. The third-order valence-corrected chi connectivity index (χ3v) is 3.68. The highest BCUT2D eigenvalue weighted by molar-refractivity contribution is 5.87. The van der Waals surface area contributed by atoms with Crippen molar-refractivity contribution in [1.82, 2.24) is 9.88 Å². The third-order valence-electron chi connectivity index (χ3n) is 3.68. The summed E-state index contributed by atoms with van der Waals surface area (Å²) >= 11 is 0. The number of aryl methyl sites for hydroxylation is 2. The molecule has 0 aliphatic carbocycles. The number of nitrogens with zero attached hydrogens (tertiary/aromatic N) is 1. The summed E-state index contributed by atoms with van der Waals surface area (Å²) in [5, 5.41) is 4.89. The molecule has 0 spiro atoms. The van der Waals surface area contributed by atoms with Gasteiger partial charge in [0, 0.05) is 30.2 Å².